The van der Waals surface area contributed by atoms with Gasteiger partial charge in [0.2, 0.25) is 0 Å². The summed E-state index contributed by atoms with van der Waals surface area (Å²) in [6, 6.07) is 0. The average Bonchev–Trinajstić information content (AvgIpc) is 1.97. The lowest BCUT2D eigenvalue weighted by Gasteiger charge is -2.04. The molecule has 1 aliphatic heterocycles. The normalized spacial score (nSPS) is 40.5. The molecule has 1 rings (SSSR count). The number of rotatable bonds is 0. The zero-order chi connectivity index (χ0) is 7.07. The summed E-state index contributed by atoms with van der Waals surface area (Å²) >= 11 is 0. The van der Waals surface area contributed by atoms with Crippen molar-refractivity contribution >= 4 is 5.91 Å². The Morgan fingerprint density at radius 3 is 2.88 bits per heavy atom. The predicted molar refractivity (Wildman–Crippen MR) is 28.3 cm³/mol. The quantitative estimate of drug-likeness (QED) is 0.450. The molecule has 0 aromatic heterocycles. The molecule has 0 aromatic rings. The van der Waals surface area contributed by atoms with E-state index in [0.29, 0.717) is 6.54 Å². The van der Waals surface area contributed by atoms with Crippen molar-refractivity contribution < 1.29 is 11.3 Å². The number of likely N-dealkylation sites (tertiary alicyclic amines) is 1. The summed E-state index contributed by atoms with van der Waals surface area (Å²) in [7, 11) is 1.58. The van der Waals surface area contributed by atoms with Crippen molar-refractivity contribution in [2.45, 2.75) is 12.5 Å². The van der Waals surface area contributed by atoms with Crippen molar-refractivity contribution in [2.24, 2.45) is 0 Å². The number of hydrogen-bond acceptors (Lipinski definition) is 2. The molecule has 1 atom stereocenters. The third-order valence-corrected chi connectivity index (χ3v) is 1.28. The van der Waals surface area contributed by atoms with E-state index in [1.165, 1.54) is 4.90 Å². The van der Waals surface area contributed by atoms with Gasteiger partial charge in [-0.2, -0.15) is 0 Å². The Bertz CT molecular complexity index is 146. The van der Waals surface area contributed by atoms with Crippen LogP contribution in [0.3, 0.4) is 0 Å². The number of amides is 1. The largest absolute Gasteiger partial charge is 0.383 e. The van der Waals surface area contributed by atoms with Crippen molar-refractivity contribution in [1.29, 1.82) is 0 Å². The second-order valence-corrected chi connectivity index (χ2v) is 1.92. The lowest BCUT2D eigenvalue weighted by molar-refractivity contribution is -0.133. The van der Waals surface area contributed by atoms with Crippen molar-refractivity contribution in [3.8, 4) is 0 Å². The van der Waals surface area contributed by atoms with Gasteiger partial charge in [-0.05, 0) is 6.42 Å². The van der Waals surface area contributed by atoms with Gasteiger partial charge in [0.05, 0.1) is 1.37 Å². The summed E-state index contributed by atoms with van der Waals surface area (Å²) in [6.45, 7) is 0.485. The van der Waals surface area contributed by atoms with Crippen LogP contribution in [0, 0.1) is 0 Å². The SMILES string of the molecule is [2H]C1(O)CCN(C)C1=O. The van der Waals surface area contributed by atoms with Crippen LogP contribution in [0.1, 0.15) is 7.79 Å². The van der Waals surface area contributed by atoms with Crippen LogP contribution >= 0.6 is 0 Å². The zero-order valence-electron chi connectivity index (χ0n) is 5.72. The van der Waals surface area contributed by atoms with Gasteiger partial charge in [0, 0.05) is 13.6 Å². The van der Waals surface area contributed by atoms with Crippen LogP contribution < -0.4 is 0 Å². The Kier molecular flexibility index (Phi) is 0.942. The van der Waals surface area contributed by atoms with Gasteiger partial charge in [-0.25, -0.2) is 0 Å². The van der Waals surface area contributed by atoms with Crippen LogP contribution in [-0.4, -0.2) is 35.6 Å². The van der Waals surface area contributed by atoms with Crippen LogP contribution in [-0.2, 0) is 4.79 Å². The standard InChI is InChI=1S/C5H9NO2/c1-6-3-2-4(7)5(6)8/h4,7H,2-3H2,1H3/i4D. The fourth-order valence-corrected chi connectivity index (χ4v) is 0.702. The first kappa shape index (κ1) is 4.32. The first-order chi connectivity index (χ1) is 4.04. The summed E-state index contributed by atoms with van der Waals surface area (Å²) in [4.78, 5) is 12.1. The second kappa shape index (κ2) is 1.74. The lowest BCUT2D eigenvalue weighted by atomic mass is 10.3. The van der Waals surface area contributed by atoms with Crippen LogP contribution in [0.25, 0.3) is 0 Å². The van der Waals surface area contributed by atoms with E-state index >= 15 is 0 Å². The topological polar surface area (TPSA) is 40.5 Å². The first-order valence-electron chi connectivity index (χ1n) is 3.02. The number of likely N-dealkylation sites (N-methyl/N-ethyl adjacent to an activating group) is 1. The smallest absolute Gasteiger partial charge is 0.251 e. The van der Waals surface area contributed by atoms with E-state index in [0.717, 1.165) is 0 Å². The number of nitrogens with zero attached hydrogens (tertiary/aromatic N) is 1. The molecular formula is C5H9NO2. The molecule has 1 unspecified atom stereocenters. The summed E-state index contributed by atoms with van der Waals surface area (Å²) in [5, 5.41) is 8.91. The Hall–Kier alpha value is -0.570. The van der Waals surface area contributed by atoms with Crippen molar-refractivity contribution in [3.05, 3.63) is 0 Å². The van der Waals surface area contributed by atoms with Crippen LogP contribution in [0.15, 0.2) is 0 Å². The minimum atomic E-state index is -1.84. The van der Waals surface area contributed by atoms with Gasteiger partial charge in [-0.1, -0.05) is 0 Å². The highest BCUT2D eigenvalue weighted by molar-refractivity contribution is 5.82. The molecule has 0 aromatic carbocycles. The Balaban J connectivity index is 2.74. The Labute approximate surface area is 49.3 Å². The van der Waals surface area contributed by atoms with E-state index in [1.807, 2.05) is 0 Å². The minimum Gasteiger partial charge on any atom is -0.383 e. The molecule has 0 bridgehead atoms. The monoisotopic (exact) mass is 116 g/mol. The summed E-state index contributed by atoms with van der Waals surface area (Å²) in [5.41, 5.74) is 0. The average molecular weight is 116 g/mol. The molecule has 0 spiro atoms. The molecule has 1 heterocycles. The molecule has 1 saturated heterocycles. The van der Waals surface area contributed by atoms with Gasteiger partial charge >= 0.3 is 0 Å². The molecule has 8 heavy (non-hydrogen) atoms. The van der Waals surface area contributed by atoms with Crippen LogP contribution in [0.5, 0.6) is 0 Å². The molecule has 0 radical (unpaired) electrons. The fraction of sp³-hybridized carbons (Fsp3) is 0.800. The number of aliphatic hydroxyl groups is 1. The molecule has 0 saturated carbocycles. The number of hydrogen-bond donors (Lipinski definition) is 1. The minimum absolute atomic E-state index is 0.225. The highest BCUT2D eigenvalue weighted by atomic mass is 16.3. The summed E-state index contributed by atoms with van der Waals surface area (Å²) in [5.74, 6) is -0.498. The summed E-state index contributed by atoms with van der Waals surface area (Å²) in [6.07, 6.45) is -1.61. The van der Waals surface area contributed by atoms with Crippen molar-refractivity contribution in [2.75, 3.05) is 13.6 Å². The maximum Gasteiger partial charge on any atom is 0.251 e. The maximum atomic E-state index is 10.7. The third kappa shape index (κ3) is 0.690. The van der Waals surface area contributed by atoms with Gasteiger partial charge in [-0.15, -0.1) is 0 Å². The number of carbonyl (C=O) groups excluding carboxylic acids is 1. The van der Waals surface area contributed by atoms with E-state index in [9.17, 15) is 4.79 Å². The van der Waals surface area contributed by atoms with Crippen LogP contribution in [0.2, 0.25) is 0 Å². The van der Waals surface area contributed by atoms with Gasteiger partial charge in [0.15, 0.2) is 0 Å². The molecule has 1 N–H and O–H groups in total. The highest BCUT2D eigenvalue weighted by Crippen LogP contribution is 2.06. The van der Waals surface area contributed by atoms with E-state index < -0.39 is 12.0 Å². The second-order valence-electron chi connectivity index (χ2n) is 1.92. The third-order valence-electron chi connectivity index (χ3n) is 1.28. The summed E-state index contributed by atoms with van der Waals surface area (Å²) < 4.78 is 6.99. The Morgan fingerprint density at radius 1 is 2.12 bits per heavy atom. The van der Waals surface area contributed by atoms with E-state index in [4.69, 9.17) is 6.48 Å². The van der Waals surface area contributed by atoms with Crippen molar-refractivity contribution in [3.63, 3.8) is 0 Å². The van der Waals surface area contributed by atoms with Crippen molar-refractivity contribution in [1.82, 2.24) is 4.90 Å². The van der Waals surface area contributed by atoms with E-state index in [2.05, 4.69) is 0 Å². The van der Waals surface area contributed by atoms with Gasteiger partial charge in [0.1, 0.15) is 6.08 Å². The fourth-order valence-electron chi connectivity index (χ4n) is 0.702. The lowest BCUT2D eigenvalue weighted by Crippen LogP contribution is -2.24. The van der Waals surface area contributed by atoms with Crippen LogP contribution in [0.4, 0.5) is 0 Å². The Morgan fingerprint density at radius 2 is 2.75 bits per heavy atom. The molecule has 0 aliphatic carbocycles. The molecular weight excluding hydrogens is 106 g/mol. The first-order valence-corrected chi connectivity index (χ1v) is 2.52. The molecule has 46 valence electrons. The number of carbonyl (C=O) groups is 1. The molecule has 3 heteroatoms. The highest BCUT2D eigenvalue weighted by Gasteiger charge is 2.25. The predicted octanol–water partition coefficient (Wildman–Crippen LogP) is -0.791. The molecule has 1 fully saturated rings. The molecule has 1 aliphatic rings. The molecule has 1 amide bonds. The zero-order valence-corrected chi connectivity index (χ0v) is 4.72. The maximum absolute atomic E-state index is 10.7. The van der Waals surface area contributed by atoms with Gasteiger partial charge in [0.25, 0.3) is 5.91 Å². The van der Waals surface area contributed by atoms with Gasteiger partial charge < -0.3 is 10.0 Å². The van der Waals surface area contributed by atoms with E-state index in [1.54, 1.807) is 7.05 Å². The van der Waals surface area contributed by atoms with E-state index in [-0.39, 0.29) is 6.42 Å². The molecule has 3 nitrogen and oxygen atoms in total. The van der Waals surface area contributed by atoms with Gasteiger partial charge in [-0.3, -0.25) is 4.79 Å².